The van der Waals surface area contributed by atoms with Crippen LogP contribution in [-0.2, 0) is 5.41 Å². The molecule has 0 fully saturated rings. The van der Waals surface area contributed by atoms with Crippen molar-refractivity contribution in [2.45, 2.75) is 45.6 Å². The number of hydrogen-bond donors (Lipinski definition) is 2. The first-order valence-corrected chi connectivity index (χ1v) is 4.63. The van der Waals surface area contributed by atoms with Gasteiger partial charge in [0.2, 0.25) is 0 Å². The van der Waals surface area contributed by atoms with Crippen LogP contribution in [0.25, 0.3) is 0 Å². The van der Waals surface area contributed by atoms with Crippen LogP contribution in [0.1, 0.15) is 51.8 Å². The molecule has 1 aromatic rings. The molecule has 0 aliphatic carbocycles. The van der Waals surface area contributed by atoms with Gasteiger partial charge in [-0.3, -0.25) is 5.10 Å². The largest absolute Gasteiger partial charge is 0.321 e. The first-order chi connectivity index (χ1) is 5.95. The Bertz CT molecular complexity index is 271. The molecule has 0 radical (unpaired) electrons. The van der Waals surface area contributed by atoms with Crippen LogP contribution in [0.3, 0.4) is 0 Å². The van der Waals surface area contributed by atoms with E-state index in [1.54, 1.807) is 0 Å². The zero-order chi connectivity index (χ0) is 10.1. The predicted octanol–water partition coefficient (Wildman–Crippen LogP) is 1.51. The van der Waals surface area contributed by atoms with Crippen molar-refractivity contribution in [3.63, 3.8) is 0 Å². The molecule has 4 nitrogen and oxygen atoms in total. The molecule has 0 saturated carbocycles. The van der Waals surface area contributed by atoms with Gasteiger partial charge in [0.1, 0.15) is 5.82 Å². The Morgan fingerprint density at radius 2 is 2.08 bits per heavy atom. The summed E-state index contributed by atoms with van der Waals surface area (Å²) in [5.74, 6) is 1.61. The summed E-state index contributed by atoms with van der Waals surface area (Å²) in [6.45, 7) is 8.27. The molecular formula is C9H18N4. The minimum absolute atomic E-state index is 0.0117. The van der Waals surface area contributed by atoms with Gasteiger partial charge >= 0.3 is 0 Å². The second kappa shape index (κ2) is 3.46. The average molecular weight is 182 g/mol. The number of aromatic amines is 1. The third-order valence-electron chi connectivity index (χ3n) is 1.96. The molecule has 0 aromatic carbocycles. The normalized spacial score (nSPS) is 14.5. The van der Waals surface area contributed by atoms with Gasteiger partial charge in [0.05, 0.1) is 6.04 Å². The molecule has 0 aliphatic rings. The number of nitrogens with zero attached hydrogens (tertiary/aromatic N) is 2. The quantitative estimate of drug-likeness (QED) is 0.728. The van der Waals surface area contributed by atoms with Gasteiger partial charge in [-0.1, -0.05) is 27.7 Å². The van der Waals surface area contributed by atoms with E-state index in [0.717, 1.165) is 18.1 Å². The van der Waals surface area contributed by atoms with Gasteiger partial charge in [-0.15, -0.1) is 0 Å². The van der Waals surface area contributed by atoms with Gasteiger partial charge in [0.25, 0.3) is 0 Å². The summed E-state index contributed by atoms with van der Waals surface area (Å²) in [4.78, 5) is 4.36. The number of hydrogen-bond acceptors (Lipinski definition) is 3. The second-order valence-electron chi connectivity index (χ2n) is 4.31. The van der Waals surface area contributed by atoms with Crippen molar-refractivity contribution in [3.8, 4) is 0 Å². The monoisotopic (exact) mass is 182 g/mol. The van der Waals surface area contributed by atoms with E-state index < -0.39 is 0 Å². The highest BCUT2D eigenvalue weighted by Crippen LogP contribution is 2.19. The van der Waals surface area contributed by atoms with E-state index in [1.807, 2.05) is 6.92 Å². The standard InChI is InChI=1S/C9H18N4/c1-5-6(10)7-11-8(13-12-7)9(2,3)4/h6H,5,10H2,1-4H3,(H,11,12,13)/t6-/m1/s1. The summed E-state index contributed by atoms with van der Waals surface area (Å²) in [6, 6.07) is -0.0244. The van der Waals surface area contributed by atoms with E-state index >= 15 is 0 Å². The molecule has 1 aromatic heterocycles. The molecule has 0 saturated heterocycles. The second-order valence-corrected chi connectivity index (χ2v) is 4.31. The summed E-state index contributed by atoms with van der Waals surface area (Å²) < 4.78 is 0. The molecule has 0 aliphatic heterocycles. The fraction of sp³-hybridized carbons (Fsp3) is 0.778. The zero-order valence-electron chi connectivity index (χ0n) is 8.76. The van der Waals surface area contributed by atoms with Crippen LogP contribution in [0, 0.1) is 0 Å². The van der Waals surface area contributed by atoms with E-state index in [1.165, 1.54) is 0 Å². The molecule has 0 amide bonds. The Morgan fingerprint density at radius 3 is 2.46 bits per heavy atom. The number of nitrogens with two attached hydrogens (primary N) is 1. The third kappa shape index (κ3) is 2.28. The average Bonchev–Trinajstić information content (AvgIpc) is 2.50. The molecule has 0 unspecified atom stereocenters. The van der Waals surface area contributed by atoms with Crippen LogP contribution in [0.15, 0.2) is 0 Å². The predicted molar refractivity (Wildman–Crippen MR) is 52.3 cm³/mol. The minimum atomic E-state index is -0.0244. The lowest BCUT2D eigenvalue weighted by Crippen LogP contribution is -2.14. The molecule has 13 heavy (non-hydrogen) atoms. The first-order valence-electron chi connectivity index (χ1n) is 4.63. The lowest BCUT2D eigenvalue weighted by molar-refractivity contribution is 0.546. The molecule has 1 heterocycles. The third-order valence-corrected chi connectivity index (χ3v) is 1.96. The summed E-state index contributed by atoms with van der Waals surface area (Å²) >= 11 is 0. The van der Waals surface area contributed by atoms with Gasteiger partial charge < -0.3 is 5.73 Å². The van der Waals surface area contributed by atoms with Crippen LogP contribution in [0.4, 0.5) is 0 Å². The van der Waals surface area contributed by atoms with Crippen molar-refractivity contribution in [1.82, 2.24) is 15.2 Å². The van der Waals surface area contributed by atoms with Crippen LogP contribution in [0.2, 0.25) is 0 Å². The van der Waals surface area contributed by atoms with E-state index in [2.05, 4.69) is 36.0 Å². The smallest absolute Gasteiger partial charge is 0.156 e. The van der Waals surface area contributed by atoms with Crippen molar-refractivity contribution < 1.29 is 0 Å². The van der Waals surface area contributed by atoms with E-state index in [-0.39, 0.29) is 11.5 Å². The summed E-state index contributed by atoms with van der Waals surface area (Å²) in [5.41, 5.74) is 5.81. The van der Waals surface area contributed by atoms with E-state index in [9.17, 15) is 0 Å². The van der Waals surface area contributed by atoms with Crippen molar-refractivity contribution in [3.05, 3.63) is 11.6 Å². The maximum Gasteiger partial charge on any atom is 0.156 e. The Kier molecular flexibility index (Phi) is 2.71. The Morgan fingerprint density at radius 1 is 1.46 bits per heavy atom. The van der Waals surface area contributed by atoms with Crippen molar-refractivity contribution in [1.29, 1.82) is 0 Å². The molecular weight excluding hydrogens is 164 g/mol. The van der Waals surface area contributed by atoms with Crippen LogP contribution in [-0.4, -0.2) is 15.2 Å². The summed E-state index contributed by atoms with van der Waals surface area (Å²) in [6.07, 6.45) is 0.874. The fourth-order valence-electron chi connectivity index (χ4n) is 0.969. The molecule has 1 rings (SSSR count). The minimum Gasteiger partial charge on any atom is -0.321 e. The topological polar surface area (TPSA) is 67.6 Å². The van der Waals surface area contributed by atoms with E-state index in [4.69, 9.17) is 5.73 Å². The molecule has 0 spiro atoms. The van der Waals surface area contributed by atoms with Gasteiger partial charge in [0, 0.05) is 5.41 Å². The number of rotatable bonds is 2. The Hall–Kier alpha value is -0.900. The van der Waals surface area contributed by atoms with Crippen molar-refractivity contribution in [2.24, 2.45) is 5.73 Å². The molecule has 1 atom stereocenters. The zero-order valence-corrected chi connectivity index (χ0v) is 8.76. The van der Waals surface area contributed by atoms with Crippen LogP contribution in [0.5, 0.6) is 0 Å². The molecule has 3 N–H and O–H groups in total. The van der Waals surface area contributed by atoms with Gasteiger partial charge in [-0.25, -0.2) is 4.98 Å². The molecule has 4 heteroatoms. The molecule has 74 valence electrons. The fourth-order valence-corrected chi connectivity index (χ4v) is 0.969. The Balaban J connectivity index is 2.87. The lowest BCUT2D eigenvalue weighted by atomic mass is 9.96. The summed E-state index contributed by atoms with van der Waals surface area (Å²) in [7, 11) is 0. The van der Waals surface area contributed by atoms with Gasteiger partial charge in [-0.2, -0.15) is 5.10 Å². The molecule has 0 bridgehead atoms. The highest BCUT2D eigenvalue weighted by molar-refractivity contribution is 5.04. The number of aromatic nitrogens is 3. The highest BCUT2D eigenvalue weighted by Gasteiger charge is 2.20. The Labute approximate surface area is 78.9 Å². The maximum absolute atomic E-state index is 5.82. The van der Waals surface area contributed by atoms with Gasteiger partial charge in [0.15, 0.2) is 5.82 Å². The number of H-pyrrole nitrogens is 1. The number of nitrogens with one attached hydrogen (secondary N) is 1. The highest BCUT2D eigenvalue weighted by atomic mass is 15.2. The maximum atomic E-state index is 5.82. The van der Waals surface area contributed by atoms with E-state index in [0.29, 0.717) is 0 Å². The van der Waals surface area contributed by atoms with Crippen molar-refractivity contribution in [2.75, 3.05) is 0 Å². The summed E-state index contributed by atoms with van der Waals surface area (Å²) in [5, 5.41) is 7.02. The van der Waals surface area contributed by atoms with Crippen LogP contribution < -0.4 is 5.73 Å². The lowest BCUT2D eigenvalue weighted by Gasteiger charge is -2.12. The van der Waals surface area contributed by atoms with Crippen molar-refractivity contribution >= 4 is 0 Å². The first kappa shape index (κ1) is 10.2. The van der Waals surface area contributed by atoms with Crippen LogP contribution >= 0.6 is 0 Å². The SMILES string of the molecule is CC[C@@H](N)c1nc(C(C)(C)C)n[nH]1. The van der Waals surface area contributed by atoms with Gasteiger partial charge in [-0.05, 0) is 6.42 Å².